The van der Waals surface area contributed by atoms with E-state index in [9.17, 15) is 4.79 Å². The molecule has 112 valence electrons. The molecule has 0 saturated carbocycles. The maximum Gasteiger partial charge on any atom is 0.257 e. The van der Waals surface area contributed by atoms with Crippen molar-refractivity contribution in [3.8, 4) is 0 Å². The lowest BCUT2D eigenvalue weighted by Gasteiger charge is -2.03. The molecule has 0 radical (unpaired) electrons. The van der Waals surface area contributed by atoms with Gasteiger partial charge in [0.15, 0.2) is 5.58 Å². The number of rotatable bonds is 4. The zero-order chi connectivity index (χ0) is 15.5. The predicted molar refractivity (Wildman–Crippen MR) is 89.8 cm³/mol. The predicted octanol–water partition coefficient (Wildman–Crippen LogP) is 4.87. The highest BCUT2D eigenvalue weighted by molar-refractivity contribution is 7.99. The van der Waals surface area contributed by atoms with Crippen molar-refractivity contribution in [1.29, 1.82) is 0 Å². The topological polar surface area (TPSA) is 55.1 Å². The van der Waals surface area contributed by atoms with Gasteiger partial charge in [0.2, 0.25) is 5.91 Å². The number of oxazole rings is 1. The minimum Gasteiger partial charge on any atom is -0.431 e. The number of benzene rings is 2. The number of nitrogens with zero attached hydrogens (tertiary/aromatic N) is 1. The second-order valence-corrected chi connectivity index (χ2v) is 6.24. The molecule has 3 rings (SSSR count). The van der Waals surface area contributed by atoms with Gasteiger partial charge >= 0.3 is 0 Å². The second kappa shape index (κ2) is 6.60. The van der Waals surface area contributed by atoms with Crippen molar-refractivity contribution in [3.05, 3.63) is 52.5 Å². The van der Waals surface area contributed by atoms with Crippen LogP contribution < -0.4 is 5.32 Å². The van der Waals surface area contributed by atoms with Crippen LogP contribution in [-0.2, 0) is 4.79 Å². The average Bonchev–Trinajstić information content (AvgIpc) is 2.89. The molecular formula is C15H10Cl2N2O2S. The van der Waals surface area contributed by atoms with Crippen LogP contribution in [0.5, 0.6) is 0 Å². The molecule has 0 atom stereocenters. The summed E-state index contributed by atoms with van der Waals surface area (Å²) in [6, 6.07) is 12.1. The van der Waals surface area contributed by atoms with E-state index in [1.54, 1.807) is 42.5 Å². The van der Waals surface area contributed by atoms with Crippen molar-refractivity contribution in [2.45, 2.75) is 5.22 Å². The van der Waals surface area contributed by atoms with Crippen LogP contribution in [-0.4, -0.2) is 16.6 Å². The Hall–Kier alpha value is -1.69. The van der Waals surface area contributed by atoms with Crippen molar-refractivity contribution in [2.24, 2.45) is 0 Å². The first kappa shape index (κ1) is 15.2. The summed E-state index contributed by atoms with van der Waals surface area (Å²) in [5.74, 6) is 0.0519. The Morgan fingerprint density at radius 2 is 1.86 bits per heavy atom. The number of carbonyl (C=O) groups excluding carboxylic acids is 1. The Bertz CT molecular complexity index is 818. The fraction of sp³-hybridized carbons (Fsp3) is 0.0667. The minimum atomic E-state index is -0.146. The van der Waals surface area contributed by atoms with Crippen LogP contribution in [0.15, 0.2) is 52.1 Å². The summed E-state index contributed by atoms with van der Waals surface area (Å²) in [5, 5.41) is 4.41. The highest BCUT2D eigenvalue weighted by Crippen LogP contribution is 2.25. The highest BCUT2D eigenvalue weighted by atomic mass is 35.5. The summed E-state index contributed by atoms with van der Waals surface area (Å²) in [6.07, 6.45) is 0. The van der Waals surface area contributed by atoms with Gasteiger partial charge in [-0.25, -0.2) is 4.98 Å². The average molecular weight is 353 g/mol. The monoisotopic (exact) mass is 352 g/mol. The molecule has 1 aromatic heterocycles. The summed E-state index contributed by atoms with van der Waals surface area (Å²) in [6.45, 7) is 0. The van der Waals surface area contributed by atoms with Crippen molar-refractivity contribution in [2.75, 3.05) is 11.1 Å². The number of hydrogen-bond acceptors (Lipinski definition) is 4. The molecule has 0 aliphatic heterocycles. The molecule has 0 aliphatic carbocycles. The standard InChI is InChI=1S/C15H10Cl2N2O2S/c16-9-1-4-11(5-2-9)18-14(20)8-22-15-19-12-6-3-10(17)7-13(12)21-15/h1-7H,8H2,(H,18,20). The number of thioether (sulfide) groups is 1. The summed E-state index contributed by atoms with van der Waals surface area (Å²) in [7, 11) is 0. The van der Waals surface area contributed by atoms with Gasteiger partial charge < -0.3 is 9.73 Å². The van der Waals surface area contributed by atoms with E-state index < -0.39 is 0 Å². The van der Waals surface area contributed by atoms with E-state index in [0.29, 0.717) is 32.1 Å². The van der Waals surface area contributed by atoms with E-state index in [1.807, 2.05) is 0 Å². The van der Waals surface area contributed by atoms with Gasteiger partial charge in [-0.3, -0.25) is 4.79 Å². The lowest BCUT2D eigenvalue weighted by Crippen LogP contribution is -2.13. The van der Waals surface area contributed by atoms with Crippen LogP contribution in [0.25, 0.3) is 11.1 Å². The number of amides is 1. The van der Waals surface area contributed by atoms with Crippen LogP contribution in [0.3, 0.4) is 0 Å². The SMILES string of the molecule is O=C(CSc1nc2ccc(Cl)cc2o1)Nc1ccc(Cl)cc1. The van der Waals surface area contributed by atoms with Crippen molar-refractivity contribution in [3.63, 3.8) is 0 Å². The minimum absolute atomic E-state index is 0.146. The maximum atomic E-state index is 11.9. The lowest BCUT2D eigenvalue weighted by atomic mass is 10.3. The van der Waals surface area contributed by atoms with Crippen LogP contribution >= 0.6 is 35.0 Å². The number of fused-ring (bicyclic) bond motifs is 1. The Morgan fingerprint density at radius 3 is 2.64 bits per heavy atom. The van der Waals surface area contributed by atoms with Gasteiger partial charge in [0.1, 0.15) is 5.52 Å². The summed E-state index contributed by atoms with van der Waals surface area (Å²) >= 11 is 12.9. The third-order valence-electron chi connectivity index (χ3n) is 2.79. The normalized spacial score (nSPS) is 10.8. The van der Waals surface area contributed by atoms with E-state index in [-0.39, 0.29) is 11.7 Å². The van der Waals surface area contributed by atoms with Gasteiger partial charge in [0.05, 0.1) is 5.75 Å². The number of anilines is 1. The number of nitrogens with one attached hydrogen (secondary N) is 1. The first-order valence-electron chi connectivity index (χ1n) is 6.34. The van der Waals surface area contributed by atoms with E-state index in [1.165, 1.54) is 11.8 Å². The number of hydrogen-bond donors (Lipinski definition) is 1. The molecule has 0 bridgehead atoms. The van der Waals surface area contributed by atoms with Crippen molar-refractivity contribution in [1.82, 2.24) is 4.98 Å². The molecule has 0 unspecified atom stereocenters. The maximum absolute atomic E-state index is 11.9. The molecule has 3 aromatic rings. The van der Waals surface area contributed by atoms with E-state index in [0.717, 1.165) is 0 Å². The van der Waals surface area contributed by atoms with Gasteiger partial charge in [-0.1, -0.05) is 35.0 Å². The van der Waals surface area contributed by atoms with Crippen molar-refractivity contribution >= 4 is 57.7 Å². The summed E-state index contributed by atoms with van der Waals surface area (Å²) in [4.78, 5) is 16.2. The first-order chi connectivity index (χ1) is 10.6. The van der Waals surface area contributed by atoms with E-state index in [4.69, 9.17) is 27.6 Å². The van der Waals surface area contributed by atoms with Gasteiger partial charge in [0.25, 0.3) is 5.22 Å². The molecule has 2 aromatic carbocycles. The second-order valence-electron chi connectivity index (χ2n) is 4.44. The van der Waals surface area contributed by atoms with Gasteiger partial charge in [-0.05, 0) is 36.4 Å². The van der Waals surface area contributed by atoms with Crippen molar-refractivity contribution < 1.29 is 9.21 Å². The molecule has 0 fully saturated rings. The van der Waals surface area contributed by atoms with Gasteiger partial charge in [0, 0.05) is 21.8 Å². The largest absolute Gasteiger partial charge is 0.431 e. The molecule has 7 heteroatoms. The Morgan fingerprint density at radius 1 is 1.14 bits per heavy atom. The quantitative estimate of drug-likeness (QED) is 0.680. The van der Waals surface area contributed by atoms with Gasteiger partial charge in [-0.15, -0.1) is 0 Å². The third-order valence-corrected chi connectivity index (χ3v) is 4.10. The Labute approximate surface area is 140 Å². The molecule has 0 spiro atoms. The summed E-state index contributed by atoms with van der Waals surface area (Å²) in [5.41, 5.74) is 2.01. The fourth-order valence-corrected chi connectivity index (χ4v) is 2.72. The molecule has 22 heavy (non-hydrogen) atoms. The zero-order valence-electron chi connectivity index (χ0n) is 11.2. The molecule has 0 saturated heterocycles. The molecule has 1 amide bonds. The van der Waals surface area contributed by atoms with E-state index >= 15 is 0 Å². The van der Waals surface area contributed by atoms with Crippen LogP contribution in [0.1, 0.15) is 0 Å². The Kier molecular flexibility index (Phi) is 4.57. The smallest absolute Gasteiger partial charge is 0.257 e. The van der Waals surface area contributed by atoms with Crippen LogP contribution in [0.2, 0.25) is 10.0 Å². The number of carbonyl (C=O) groups is 1. The zero-order valence-corrected chi connectivity index (χ0v) is 13.5. The third kappa shape index (κ3) is 3.74. The van der Waals surface area contributed by atoms with Gasteiger partial charge in [-0.2, -0.15) is 0 Å². The van der Waals surface area contributed by atoms with Crippen LogP contribution in [0, 0.1) is 0 Å². The molecule has 4 nitrogen and oxygen atoms in total. The number of aromatic nitrogens is 1. The molecule has 1 heterocycles. The molecular weight excluding hydrogens is 343 g/mol. The van der Waals surface area contributed by atoms with Crippen LogP contribution in [0.4, 0.5) is 5.69 Å². The van der Waals surface area contributed by atoms with E-state index in [2.05, 4.69) is 10.3 Å². The lowest BCUT2D eigenvalue weighted by molar-refractivity contribution is -0.113. The Balaban J connectivity index is 1.61. The fourth-order valence-electron chi connectivity index (χ4n) is 1.80. The number of halogens is 2. The first-order valence-corrected chi connectivity index (χ1v) is 8.08. The molecule has 1 N–H and O–H groups in total. The molecule has 0 aliphatic rings. The highest BCUT2D eigenvalue weighted by Gasteiger charge is 2.10. The summed E-state index contributed by atoms with van der Waals surface area (Å²) < 4.78 is 5.54.